The lowest BCUT2D eigenvalue weighted by Gasteiger charge is -2.06. The minimum Gasteiger partial charge on any atom is -0.390 e. The Balaban J connectivity index is 1.47. The van der Waals surface area contributed by atoms with Gasteiger partial charge in [-0.2, -0.15) is 0 Å². The molecule has 1 aromatic carbocycles. The number of aromatic nitrogens is 3. The summed E-state index contributed by atoms with van der Waals surface area (Å²) in [5.41, 5.74) is 3.61. The van der Waals surface area contributed by atoms with E-state index in [4.69, 9.17) is 0 Å². The van der Waals surface area contributed by atoms with Gasteiger partial charge in [0.05, 0.1) is 17.7 Å². The highest BCUT2D eigenvalue weighted by Crippen LogP contribution is 2.34. The number of amides is 2. The van der Waals surface area contributed by atoms with Gasteiger partial charge in [0.25, 0.3) is 11.8 Å². The third kappa shape index (κ3) is 4.25. The first-order valence-electron chi connectivity index (χ1n) is 10.2. The maximum atomic E-state index is 13.7. The highest BCUT2D eigenvalue weighted by molar-refractivity contribution is 6.34. The fraction of sp³-hybridized carbons (Fsp3) is 0.227. The molecule has 11 heteroatoms. The molecule has 4 rings (SSSR count). The molecule has 0 aliphatic carbocycles. The van der Waals surface area contributed by atoms with Crippen molar-refractivity contribution in [3.05, 3.63) is 74.6 Å². The lowest BCUT2D eigenvalue weighted by Crippen LogP contribution is -2.26. The normalized spacial score (nSPS) is 13.8. The first-order chi connectivity index (χ1) is 15.8. The van der Waals surface area contributed by atoms with Crippen LogP contribution in [0, 0.1) is 29.8 Å². The third-order valence-corrected chi connectivity index (χ3v) is 5.47. The van der Waals surface area contributed by atoms with Crippen molar-refractivity contribution in [1.82, 2.24) is 19.9 Å². The highest BCUT2D eigenvalue weighted by Gasteiger charge is 2.26. The van der Waals surface area contributed by atoms with Crippen LogP contribution in [0.15, 0.2) is 30.6 Å². The van der Waals surface area contributed by atoms with Crippen LogP contribution in [0.3, 0.4) is 0 Å². The molecule has 0 saturated heterocycles. The van der Waals surface area contributed by atoms with Crippen LogP contribution in [0.5, 0.6) is 0 Å². The number of imidazole rings is 1. The molecule has 3 N–H and O–H groups in total. The molecule has 0 fully saturated rings. The van der Waals surface area contributed by atoms with E-state index in [1.165, 1.54) is 35.2 Å². The van der Waals surface area contributed by atoms with Crippen LogP contribution in [-0.4, -0.2) is 37.8 Å². The van der Waals surface area contributed by atoms with E-state index in [1.54, 1.807) is 19.9 Å². The number of H-pyrrole nitrogens is 1. The lowest BCUT2D eigenvalue weighted by atomic mass is 10.0. The van der Waals surface area contributed by atoms with Crippen LogP contribution in [-0.2, 0) is 11.3 Å². The monoisotopic (exact) mass is 452 g/mol. The Hall–Kier alpha value is -4.28. The minimum absolute atomic E-state index is 0.242. The molecule has 0 unspecified atom stereocenters. The van der Waals surface area contributed by atoms with E-state index in [2.05, 4.69) is 20.6 Å². The molecule has 10 nitrogen and oxygen atoms in total. The smallest absolute Gasteiger partial charge is 0.390 e. The second-order valence-corrected chi connectivity index (χ2v) is 7.65. The van der Waals surface area contributed by atoms with E-state index in [-0.39, 0.29) is 17.8 Å². The Kier molecular flexibility index (Phi) is 5.78. The number of aromatic amines is 1. The quantitative estimate of drug-likeness (QED) is 0.219. The standard InChI is InChI=1S/C22H21FN6O4/c1-12-18(11-16-15-10-14(23)4-5-17(15)27-20(16)30)26-13(2)19(12)21(31)24-6-3-8-28-9-7-25-22(28)29(32)33/h4-5,7,9-11,26H,3,6,8H2,1-2H3,(H,24,31)(H,27,30)/b16-11-. The van der Waals surface area contributed by atoms with E-state index in [0.29, 0.717) is 58.8 Å². The van der Waals surface area contributed by atoms with E-state index in [1.807, 2.05) is 0 Å². The van der Waals surface area contributed by atoms with E-state index in [9.17, 15) is 24.1 Å². The van der Waals surface area contributed by atoms with Crippen LogP contribution in [0.25, 0.3) is 11.6 Å². The Morgan fingerprint density at radius 3 is 2.91 bits per heavy atom. The van der Waals surface area contributed by atoms with Crippen molar-refractivity contribution in [2.24, 2.45) is 0 Å². The van der Waals surface area contributed by atoms with Crippen molar-refractivity contribution >= 4 is 35.1 Å². The van der Waals surface area contributed by atoms with Crippen molar-refractivity contribution in [3.8, 4) is 0 Å². The molecule has 3 aromatic rings. The molecule has 0 saturated carbocycles. The molecule has 170 valence electrons. The minimum atomic E-state index is -0.557. The van der Waals surface area contributed by atoms with Gasteiger partial charge in [-0.05, 0) is 55.0 Å². The molecule has 2 aromatic heterocycles. The van der Waals surface area contributed by atoms with Gasteiger partial charge in [0, 0.05) is 29.2 Å². The fourth-order valence-electron chi connectivity index (χ4n) is 3.89. The molecule has 0 spiro atoms. The summed E-state index contributed by atoms with van der Waals surface area (Å²) in [5.74, 6) is -1.33. The predicted molar refractivity (Wildman–Crippen MR) is 119 cm³/mol. The third-order valence-electron chi connectivity index (χ3n) is 5.47. The van der Waals surface area contributed by atoms with E-state index < -0.39 is 10.7 Å². The molecule has 1 aliphatic heterocycles. The van der Waals surface area contributed by atoms with Gasteiger partial charge in [0.1, 0.15) is 18.2 Å². The summed E-state index contributed by atoms with van der Waals surface area (Å²) in [5, 5.41) is 16.4. The molecule has 0 atom stereocenters. The van der Waals surface area contributed by atoms with Crippen molar-refractivity contribution < 1.29 is 18.9 Å². The molecular weight excluding hydrogens is 431 g/mol. The zero-order chi connectivity index (χ0) is 23.7. The Morgan fingerprint density at radius 2 is 2.15 bits per heavy atom. The second kappa shape index (κ2) is 8.69. The lowest BCUT2D eigenvalue weighted by molar-refractivity contribution is -0.396. The molecule has 0 radical (unpaired) electrons. The molecule has 33 heavy (non-hydrogen) atoms. The summed E-state index contributed by atoms with van der Waals surface area (Å²) in [7, 11) is 0. The number of nitrogens with one attached hydrogen (secondary N) is 3. The van der Waals surface area contributed by atoms with Crippen molar-refractivity contribution in [3.63, 3.8) is 0 Å². The maximum Gasteiger partial charge on any atom is 0.434 e. The summed E-state index contributed by atoms with van der Waals surface area (Å²) in [6.07, 6.45) is 4.96. The van der Waals surface area contributed by atoms with Gasteiger partial charge < -0.3 is 25.7 Å². The molecule has 1 aliphatic rings. The van der Waals surface area contributed by atoms with Gasteiger partial charge in [-0.1, -0.05) is 4.98 Å². The number of fused-ring (bicyclic) bond motifs is 1. The van der Waals surface area contributed by atoms with Gasteiger partial charge >= 0.3 is 5.95 Å². The van der Waals surface area contributed by atoms with Crippen molar-refractivity contribution in [1.29, 1.82) is 0 Å². The summed E-state index contributed by atoms with van der Waals surface area (Å²) in [6, 6.07) is 4.08. The summed E-state index contributed by atoms with van der Waals surface area (Å²) >= 11 is 0. The number of anilines is 1. The highest BCUT2D eigenvalue weighted by atomic mass is 19.1. The number of benzene rings is 1. The van der Waals surface area contributed by atoms with E-state index >= 15 is 0 Å². The zero-order valence-corrected chi connectivity index (χ0v) is 17.9. The van der Waals surface area contributed by atoms with Crippen LogP contribution in [0.1, 0.15) is 39.3 Å². The number of nitrogens with zero attached hydrogens (tertiary/aromatic N) is 3. The van der Waals surface area contributed by atoms with Crippen molar-refractivity contribution in [2.75, 3.05) is 11.9 Å². The molecule has 2 amide bonds. The first-order valence-corrected chi connectivity index (χ1v) is 10.2. The topological polar surface area (TPSA) is 135 Å². The molecule has 0 bridgehead atoms. The number of hydrogen-bond acceptors (Lipinski definition) is 5. The number of halogens is 1. The van der Waals surface area contributed by atoms with Crippen LogP contribution < -0.4 is 10.6 Å². The van der Waals surface area contributed by atoms with Gasteiger partial charge in [-0.3, -0.25) is 9.59 Å². The summed E-state index contributed by atoms with van der Waals surface area (Å²) < 4.78 is 15.1. The summed E-state index contributed by atoms with van der Waals surface area (Å²) in [4.78, 5) is 42.3. The van der Waals surface area contributed by atoms with Gasteiger partial charge in [-0.15, -0.1) is 0 Å². The number of carbonyl (C=O) groups excluding carboxylic acids is 2. The zero-order valence-electron chi connectivity index (χ0n) is 17.9. The van der Waals surface area contributed by atoms with Crippen molar-refractivity contribution in [2.45, 2.75) is 26.8 Å². The average molecular weight is 452 g/mol. The summed E-state index contributed by atoms with van der Waals surface area (Å²) in [6.45, 7) is 4.16. The fourth-order valence-corrected chi connectivity index (χ4v) is 3.89. The largest absolute Gasteiger partial charge is 0.434 e. The number of carbonyl (C=O) groups is 2. The average Bonchev–Trinajstić information content (AvgIpc) is 3.42. The number of hydrogen-bond donors (Lipinski definition) is 3. The van der Waals surface area contributed by atoms with Crippen LogP contribution >= 0.6 is 0 Å². The number of aryl methyl sites for hydroxylation is 2. The Labute approximate surface area is 187 Å². The Morgan fingerprint density at radius 1 is 1.36 bits per heavy atom. The van der Waals surface area contributed by atoms with Gasteiger partial charge in [-0.25, -0.2) is 8.96 Å². The number of nitro groups is 1. The van der Waals surface area contributed by atoms with Crippen LogP contribution in [0.4, 0.5) is 16.0 Å². The molecular formula is C22H21FN6O4. The number of rotatable bonds is 7. The second-order valence-electron chi connectivity index (χ2n) is 7.65. The Bertz CT molecular complexity index is 1310. The van der Waals surface area contributed by atoms with E-state index in [0.717, 1.165) is 0 Å². The maximum absolute atomic E-state index is 13.7. The SMILES string of the molecule is Cc1[nH]c(/C=C2\C(=O)Nc3ccc(F)cc32)c(C)c1C(=O)NCCCn1ccnc1[N+](=O)[O-]. The first kappa shape index (κ1) is 21.9. The van der Waals surface area contributed by atoms with Gasteiger partial charge in [0.2, 0.25) is 0 Å². The molecule has 3 heterocycles. The predicted octanol–water partition coefficient (Wildman–Crippen LogP) is 3.19. The van der Waals surface area contributed by atoms with Gasteiger partial charge in [0.15, 0.2) is 0 Å². The van der Waals surface area contributed by atoms with Crippen LogP contribution in [0.2, 0.25) is 0 Å².